The molecule has 2 aromatic carbocycles. The molecule has 0 saturated heterocycles. The molecule has 0 fully saturated rings. The van der Waals surface area contributed by atoms with E-state index in [-0.39, 0.29) is 17.2 Å². The van der Waals surface area contributed by atoms with Crippen molar-refractivity contribution in [1.82, 2.24) is 0 Å². The molecular weight excluding hydrogens is 320 g/mol. The molecule has 0 heterocycles. The van der Waals surface area contributed by atoms with Crippen LogP contribution in [0.2, 0.25) is 0 Å². The molecule has 25 heavy (non-hydrogen) atoms. The number of hydrogen-bond donors (Lipinski definition) is 0. The van der Waals surface area contributed by atoms with Crippen molar-refractivity contribution < 1.29 is 23.8 Å². The SMILES string of the molecule is CCCOC(=O)c1ccccc1C(=O)Oc1ccccc1OC(C)C. The van der Waals surface area contributed by atoms with Crippen molar-refractivity contribution in [2.24, 2.45) is 0 Å². The summed E-state index contributed by atoms with van der Waals surface area (Å²) in [6.07, 6.45) is 0.648. The topological polar surface area (TPSA) is 61.8 Å². The summed E-state index contributed by atoms with van der Waals surface area (Å²) in [5.74, 6) is -0.403. The van der Waals surface area contributed by atoms with E-state index in [4.69, 9.17) is 14.2 Å². The summed E-state index contributed by atoms with van der Waals surface area (Å²) in [6.45, 7) is 5.97. The number of esters is 2. The van der Waals surface area contributed by atoms with Crippen LogP contribution in [0.25, 0.3) is 0 Å². The number of carbonyl (C=O) groups excluding carboxylic acids is 2. The third-order valence-corrected chi connectivity index (χ3v) is 3.22. The monoisotopic (exact) mass is 342 g/mol. The van der Waals surface area contributed by atoms with Gasteiger partial charge in [0.05, 0.1) is 23.8 Å². The minimum Gasteiger partial charge on any atom is -0.487 e. The fourth-order valence-corrected chi connectivity index (χ4v) is 2.15. The Bertz CT molecular complexity index is 736. The molecule has 2 aromatic rings. The van der Waals surface area contributed by atoms with Crippen molar-refractivity contribution in [3.8, 4) is 11.5 Å². The number of para-hydroxylation sites is 2. The largest absolute Gasteiger partial charge is 0.487 e. The summed E-state index contributed by atoms with van der Waals surface area (Å²) in [7, 11) is 0. The molecule has 0 atom stereocenters. The summed E-state index contributed by atoms with van der Waals surface area (Å²) < 4.78 is 16.2. The lowest BCUT2D eigenvalue weighted by Gasteiger charge is -2.14. The van der Waals surface area contributed by atoms with E-state index in [0.29, 0.717) is 24.5 Å². The Morgan fingerprint density at radius 2 is 1.44 bits per heavy atom. The van der Waals surface area contributed by atoms with Crippen molar-refractivity contribution in [2.75, 3.05) is 6.61 Å². The maximum atomic E-state index is 12.6. The molecule has 0 amide bonds. The molecule has 2 rings (SSSR count). The quantitative estimate of drug-likeness (QED) is 0.556. The number of hydrogen-bond acceptors (Lipinski definition) is 5. The maximum Gasteiger partial charge on any atom is 0.344 e. The summed E-state index contributed by atoms with van der Waals surface area (Å²) >= 11 is 0. The number of carbonyl (C=O) groups is 2. The highest BCUT2D eigenvalue weighted by Crippen LogP contribution is 2.28. The van der Waals surface area contributed by atoms with Crippen molar-refractivity contribution in [2.45, 2.75) is 33.3 Å². The number of rotatable bonds is 7. The lowest BCUT2D eigenvalue weighted by Crippen LogP contribution is -2.17. The van der Waals surface area contributed by atoms with E-state index in [1.54, 1.807) is 42.5 Å². The van der Waals surface area contributed by atoms with E-state index in [0.717, 1.165) is 0 Å². The predicted octanol–water partition coefficient (Wildman–Crippen LogP) is 4.26. The van der Waals surface area contributed by atoms with Crippen LogP contribution in [0.1, 0.15) is 47.9 Å². The Morgan fingerprint density at radius 3 is 2.04 bits per heavy atom. The van der Waals surface area contributed by atoms with E-state index in [1.807, 2.05) is 20.8 Å². The Morgan fingerprint density at radius 1 is 0.880 bits per heavy atom. The lowest BCUT2D eigenvalue weighted by atomic mass is 10.1. The Labute approximate surface area is 147 Å². The van der Waals surface area contributed by atoms with Crippen molar-refractivity contribution in [3.63, 3.8) is 0 Å². The number of ether oxygens (including phenoxy) is 3. The van der Waals surface area contributed by atoms with Crippen LogP contribution in [0.5, 0.6) is 11.5 Å². The normalized spacial score (nSPS) is 10.4. The van der Waals surface area contributed by atoms with Gasteiger partial charge in [-0.2, -0.15) is 0 Å². The van der Waals surface area contributed by atoms with Gasteiger partial charge in [-0.3, -0.25) is 0 Å². The summed E-state index contributed by atoms with van der Waals surface area (Å²) in [5, 5.41) is 0. The van der Waals surface area contributed by atoms with Gasteiger partial charge in [0.1, 0.15) is 0 Å². The molecule has 0 aromatic heterocycles. The highest BCUT2D eigenvalue weighted by atomic mass is 16.6. The van der Waals surface area contributed by atoms with Crippen molar-refractivity contribution >= 4 is 11.9 Å². The summed E-state index contributed by atoms with van der Waals surface area (Å²) in [5.41, 5.74) is 0.339. The van der Waals surface area contributed by atoms with Gasteiger partial charge in [0.25, 0.3) is 0 Å². The first-order valence-electron chi connectivity index (χ1n) is 8.27. The van der Waals surface area contributed by atoms with Gasteiger partial charge < -0.3 is 14.2 Å². The second kappa shape index (κ2) is 8.87. The predicted molar refractivity (Wildman–Crippen MR) is 94.2 cm³/mol. The second-order valence-electron chi connectivity index (χ2n) is 5.68. The van der Waals surface area contributed by atoms with Gasteiger partial charge >= 0.3 is 11.9 Å². The summed E-state index contributed by atoms with van der Waals surface area (Å²) in [4.78, 5) is 24.7. The van der Waals surface area contributed by atoms with Gasteiger partial charge in [-0.1, -0.05) is 31.2 Å². The minimum atomic E-state index is -0.635. The fourth-order valence-electron chi connectivity index (χ4n) is 2.15. The molecule has 0 aliphatic rings. The standard InChI is InChI=1S/C20H22O5/c1-4-13-23-19(21)15-9-5-6-10-16(15)20(22)25-18-12-8-7-11-17(18)24-14(2)3/h5-12,14H,4,13H2,1-3H3. The third kappa shape index (κ3) is 5.08. The molecule has 5 nitrogen and oxygen atoms in total. The number of benzene rings is 2. The van der Waals surface area contributed by atoms with E-state index in [9.17, 15) is 9.59 Å². The van der Waals surface area contributed by atoms with Gasteiger partial charge in [-0.05, 0) is 44.5 Å². The average molecular weight is 342 g/mol. The molecule has 0 saturated carbocycles. The Hall–Kier alpha value is -2.82. The van der Waals surface area contributed by atoms with Crippen LogP contribution < -0.4 is 9.47 Å². The van der Waals surface area contributed by atoms with Gasteiger partial charge in [-0.25, -0.2) is 9.59 Å². The Balaban J connectivity index is 2.24. The molecule has 5 heteroatoms. The zero-order chi connectivity index (χ0) is 18.2. The van der Waals surface area contributed by atoms with E-state index >= 15 is 0 Å². The first-order valence-corrected chi connectivity index (χ1v) is 8.27. The first-order chi connectivity index (χ1) is 12.0. The summed E-state index contributed by atoms with van der Waals surface area (Å²) in [6, 6.07) is 13.3. The maximum absolute atomic E-state index is 12.6. The van der Waals surface area contributed by atoms with Crippen LogP contribution in [-0.4, -0.2) is 24.6 Å². The van der Waals surface area contributed by atoms with Crippen LogP contribution in [0.3, 0.4) is 0 Å². The molecule has 0 aliphatic heterocycles. The third-order valence-electron chi connectivity index (χ3n) is 3.22. The van der Waals surface area contributed by atoms with Crippen LogP contribution in [0.15, 0.2) is 48.5 Å². The Kier molecular flexibility index (Phi) is 6.57. The van der Waals surface area contributed by atoms with Crippen molar-refractivity contribution in [1.29, 1.82) is 0 Å². The molecule has 0 radical (unpaired) electrons. The lowest BCUT2D eigenvalue weighted by molar-refractivity contribution is 0.0496. The van der Waals surface area contributed by atoms with Crippen LogP contribution in [0, 0.1) is 0 Å². The smallest absolute Gasteiger partial charge is 0.344 e. The van der Waals surface area contributed by atoms with Crippen LogP contribution in [-0.2, 0) is 4.74 Å². The van der Waals surface area contributed by atoms with Gasteiger partial charge in [0.2, 0.25) is 0 Å². The highest BCUT2D eigenvalue weighted by Gasteiger charge is 2.20. The zero-order valence-electron chi connectivity index (χ0n) is 14.7. The zero-order valence-corrected chi connectivity index (χ0v) is 14.7. The molecule has 0 spiro atoms. The van der Waals surface area contributed by atoms with Gasteiger partial charge in [-0.15, -0.1) is 0 Å². The minimum absolute atomic E-state index is 0.0591. The molecule has 0 bridgehead atoms. The average Bonchev–Trinajstić information content (AvgIpc) is 2.61. The molecular formula is C20H22O5. The van der Waals surface area contributed by atoms with Crippen LogP contribution >= 0.6 is 0 Å². The van der Waals surface area contributed by atoms with Crippen molar-refractivity contribution in [3.05, 3.63) is 59.7 Å². The molecule has 0 aliphatic carbocycles. The van der Waals surface area contributed by atoms with E-state index in [2.05, 4.69) is 0 Å². The molecule has 132 valence electrons. The van der Waals surface area contributed by atoms with E-state index in [1.165, 1.54) is 6.07 Å². The van der Waals surface area contributed by atoms with Crippen LogP contribution in [0.4, 0.5) is 0 Å². The van der Waals surface area contributed by atoms with Gasteiger partial charge in [0, 0.05) is 0 Å². The van der Waals surface area contributed by atoms with E-state index < -0.39 is 11.9 Å². The second-order valence-corrected chi connectivity index (χ2v) is 5.68. The van der Waals surface area contributed by atoms with Gasteiger partial charge in [0.15, 0.2) is 11.5 Å². The molecule has 0 unspecified atom stereocenters. The highest BCUT2D eigenvalue weighted by molar-refractivity contribution is 6.03. The first kappa shape index (κ1) is 18.5. The fraction of sp³-hybridized carbons (Fsp3) is 0.300. The molecule has 0 N–H and O–H groups in total.